The van der Waals surface area contributed by atoms with Gasteiger partial charge in [0.1, 0.15) is 6.07 Å². The molecule has 114 valence electrons. The molecule has 4 nitrogen and oxygen atoms in total. The molecule has 0 saturated carbocycles. The molecule has 0 aromatic heterocycles. The Hall–Kier alpha value is -2.80. The lowest BCUT2D eigenvalue weighted by molar-refractivity contribution is -0.137. The summed E-state index contributed by atoms with van der Waals surface area (Å²) in [6.45, 7) is 7.04. The summed E-state index contributed by atoms with van der Waals surface area (Å²) >= 11 is 0. The van der Waals surface area contributed by atoms with Crippen LogP contribution in [0.1, 0.15) is 12.5 Å². The molecule has 0 spiro atoms. The zero-order chi connectivity index (χ0) is 16.2. The molecule has 0 aliphatic carbocycles. The molecule has 22 heavy (non-hydrogen) atoms. The number of benzene rings is 1. The maximum absolute atomic E-state index is 11.3. The second-order valence-electron chi connectivity index (χ2n) is 4.49. The van der Waals surface area contributed by atoms with Gasteiger partial charge in [0, 0.05) is 25.4 Å². The fourth-order valence-electron chi connectivity index (χ4n) is 1.80. The van der Waals surface area contributed by atoms with Crippen molar-refractivity contribution in [1.29, 1.82) is 5.26 Å². The van der Waals surface area contributed by atoms with Crippen molar-refractivity contribution in [3.8, 4) is 6.07 Å². The van der Waals surface area contributed by atoms with Crippen LogP contribution in [0.25, 0.3) is 0 Å². The molecule has 0 N–H and O–H groups in total. The predicted octanol–water partition coefficient (Wildman–Crippen LogP) is 3.20. The van der Waals surface area contributed by atoms with E-state index >= 15 is 0 Å². The van der Waals surface area contributed by atoms with Crippen LogP contribution in [0.15, 0.2) is 66.9 Å². The maximum atomic E-state index is 11.3. The quantitative estimate of drug-likeness (QED) is 0.243. The molecule has 0 unspecified atom stereocenters. The standard InChI is InChI=1S/C18H20N2O2/c1-3-12-20(14-16-8-6-5-7-9-16)15-17(13-19)10-11-18(21)22-4-2/h3,5-11,15H,1,4,12,14H2,2H3/b11-10+,17-15-. The minimum Gasteiger partial charge on any atom is -0.463 e. The summed E-state index contributed by atoms with van der Waals surface area (Å²) in [6, 6.07) is 12.0. The van der Waals surface area contributed by atoms with E-state index in [4.69, 9.17) is 4.74 Å². The van der Waals surface area contributed by atoms with Crippen molar-refractivity contribution in [2.75, 3.05) is 13.2 Å². The summed E-state index contributed by atoms with van der Waals surface area (Å²) in [6.07, 6.45) is 6.19. The fourth-order valence-corrected chi connectivity index (χ4v) is 1.80. The molecule has 0 amide bonds. The number of nitrogens with zero attached hydrogens (tertiary/aromatic N) is 2. The molecule has 4 heteroatoms. The topological polar surface area (TPSA) is 53.3 Å². The van der Waals surface area contributed by atoms with Gasteiger partial charge in [-0.05, 0) is 18.6 Å². The number of carbonyl (C=O) groups excluding carboxylic acids is 1. The lowest BCUT2D eigenvalue weighted by atomic mass is 10.2. The third-order valence-corrected chi connectivity index (χ3v) is 2.73. The van der Waals surface area contributed by atoms with E-state index in [-0.39, 0.29) is 0 Å². The van der Waals surface area contributed by atoms with E-state index in [0.29, 0.717) is 25.3 Å². The minimum absolute atomic E-state index is 0.311. The molecule has 0 bridgehead atoms. The van der Waals surface area contributed by atoms with Gasteiger partial charge in [0.15, 0.2) is 0 Å². The Balaban J connectivity index is 2.82. The smallest absolute Gasteiger partial charge is 0.330 e. The molecular weight excluding hydrogens is 276 g/mol. The molecule has 0 aliphatic heterocycles. The van der Waals surface area contributed by atoms with Crippen LogP contribution < -0.4 is 0 Å². The molecule has 0 heterocycles. The Morgan fingerprint density at radius 2 is 2.09 bits per heavy atom. The van der Waals surface area contributed by atoms with Crippen molar-refractivity contribution >= 4 is 5.97 Å². The second kappa shape index (κ2) is 10.0. The highest BCUT2D eigenvalue weighted by molar-refractivity contribution is 5.82. The van der Waals surface area contributed by atoms with E-state index in [9.17, 15) is 10.1 Å². The first kappa shape index (κ1) is 17.3. The van der Waals surface area contributed by atoms with Gasteiger partial charge in [-0.2, -0.15) is 5.26 Å². The number of hydrogen-bond donors (Lipinski definition) is 0. The van der Waals surface area contributed by atoms with Gasteiger partial charge in [-0.25, -0.2) is 4.79 Å². The highest BCUT2D eigenvalue weighted by Crippen LogP contribution is 2.08. The summed E-state index contributed by atoms with van der Waals surface area (Å²) in [7, 11) is 0. The van der Waals surface area contributed by atoms with Crippen molar-refractivity contribution in [2.45, 2.75) is 13.5 Å². The normalized spacial score (nSPS) is 11.0. The first-order valence-corrected chi connectivity index (χ1v) is 7.05. The second-order valence-corrected chi connectivity index (χ2v) is 4.49. The van der Waals surface area contributed by atoms with Crippen LogP contribution in [0.4, 0.5) is 0 Å². The number of ether oxygens (including phenoxy) is 1. The van der Waals surface area contributed by atoms with Crippen molar-refractivity contribution in [3.05, 3.63) is 72.5 Å². The average molecular weight is 296 g/mol. The van der Waals surface area contributed by atoms with Crippen LogP contribution >= 0.6 is 0 Å². The number of carbonyl (C=O) groups is 1. The molecule has 1 rings (SSSR count). The zero-order valence-corrected chi connectivity index (χ0v) is 12.7. The van der Waals surface area contributed by atoms with Gasteiger partial charge in [0.05, 0.1) is 12.2 Å². The van der Waals surface area contributed by atoms with Gasteiger partial charge in [-0.3, -0.25) is 0 Å². The van der Waals surface area contributed by atoms with Crippen molar-refractivity contribution in [2.24, 2.45) is 0 Å². The summed E-state index contributed by atoms with van der Waals surface area (Å²) < 4.78 is 4.79. The van der Waals surface area contributed by atoms with Crippen LogP contribution in [-0.2, 0) is 16.1 Å². The van der Waals surface area contributed by atoms with Gasteiger partial charge in [0.25, 0.3) is 0 Å². The summed E-state index contributed by atoms with van der Waals surface area (Å²) in [5, 5.41) is 9.18. The van der Waals surface area contributed by atoms with Crippen molar-refractivity contribution in [3.63, 3.8) is 0 Å². The van der Waals surface area contributed by atoms with Crippen LogP contribution in [0.3, 0.4) is 0 Å². The highest BCUT2D eigenvalue weighted by Gasteiger charge is 2.02. The predicted molar refractivity (Wildman–Crippen MR) is 86.5 cm³/mol. The molecule has 1 aromatic rings. The lowest BCUT2D eigenvalue weighted by Crippen LogP contribution is -2.17. The average Bonchev–Trinajstić information content (AvgIpc) is 2.52. The molecular formula is C18H20N2O2. The van der Waals surface area contributed by atoms with Gasteiger partial charge >= 0.3 is 5.97 Å². The fraction of sp³-hybridized carbons (Fsp3) is 0.222. The highest BCUT2D eigenvalue weighted by atomic mass is 16.5. The molecule has 0 atom stereocenters. The van der Waals surface area contributed by atoms with Crippen LogP contribution in [0, 0.1) is 11.3 Å². The minimum atomic E-state index is -0.456. The van der Waals surface area contributed by atoms with E-state index in [1.165, 1.54) is 12.2 Å². The number of nitriles is 1. The number of rotatable bonds is 8. The van der Waals surface area contributed by atoms with Gasteiger partial charge in [-0.15, -0.1) is 6.58 Å². The SMILES string of the molecule is C=CCN(/C=C(C#N)/C=C/C(=O)OCC)Cc1ccccc1. The largest absolute Gasteiger partial charge is 0.463 e. The number of esters is 1. The van der Waals surface area contributed by atoms with Crippen molar-refractivity contribution in [1.82, 2.24) is 4.90 Å². The Morgan fingerprint density at radius 1 is 1.36 bits per heavy atom. The third-order valence-electron chi connectivity index (χ3n) is 2.73. The summed E-state index contributed by atoms with van der Waals surface area (Å²) in [5.41, 5.74) is 1.51. The molecule has 0 saturated heterocycles. The van der Waals surface area contributed by atoms with E-state index in [1.807, 2.05) is 35.2 Å². The first-order valence-electron chi connectivity index (χ1n) is 7.05. The summed E-state index contributed by atoms with van der Waals surface area (Å²) in [5.74, 6) is -0.456. The van der Waals surface area contributed by atoms with Gasteiger partial charge in [0.2, 0.25) is 0 Å². The first-order chi connectivity index (χ1) is 10.7. The Labute approximate surface area is 131 Å². The van der Waals surface area contributed by atoms with Crippen LogP contribution in [-0.4, -0.2) is 24.0 Å². The number of hydrogen-bond acceptors (Lipinski definition) is 4. The van der Waals surface area contributed by atoms with E-state index in [0.717, 1.165) is 5.56 Å². The monoisotopic (exact) mass is 296 g/mol. The Kier molecular flexibility index (Phi) is 7.84. The zero-order valence-electron chi connectivity index (χ0n) is 12.7. The molecule has 0 fully saturated rings. The van der Waals surface area contributed by atoms with E-state index in [1.54, 1.807) is 19.2 Å². The third kappa shape index (κ3) is 6.58. The maximum Gasteiger partial charge on any atom is 0.330 e. The van der Waals surface area contributed by atoms with Crippen LogP contribution in [0.2, 0.25) is 0 Å². The summed E-state index contributed by atoms with van der Waals surface area (Å²) in [4.78, 5) is 13.2. The lowest BCUT2D eigenvalue weighted by Gasteiger charge is -2.18. The van der Waals surface area contributed by atoms with E-state index in [2.05, 4.69) is 12.6 Å². The Bertz CT molecular complexity index is 583. The van der Waals surface area contributed by atoms with Crippen molar-refractivity contribution < 1.29 is 9.53 Å². The van der Waals surface area contributed by atoms with E-state index < -0.39 is 5.97 Å². The number of allylic oxidation sites excluding steroid dienone is 2. The molecule has 0 aliphatic rings. The molecule has 1 aromatic carbocycles. The van der Waals surface area contributed by atoms with Crippen LogP contribution in [0.5, 0.6) is 0 Å². The van der Waals surface area contributed by atoms with Gasteiger partial charge < -0.3 is 9.64 Å². The molecule has 0 radical (unpaired) electrons. The van der Waals surface area contributed by atoms with Gasteiger partial charge in [-0.1, -0.05) is 36.4 Å². The Morgan fingerprint density at radius 3 is 2.68 bits per heavy atom.